The Morgan fingerprint density at radius 3 is 2.67 bits per heavy atom. The largest absolute Gasteiger partial charge is 0.497 e. The second-order valence-electron chi connectivity index (χ2n) is 3.62. The maximum Gasteiger partial charge on any atom is 0.140 e. The van der Waals surface area contributed by atoms with Crippen LogP contribution in [0.4, 0.5) is 5.82 Å². The van der Waals surface area contributed by atoms with Crippen molar-refractivity contribution in [3.8, 4) is 5.75 Å². The fourth-order valence-corrected chi connectivity index (χ4v) is 2.27. The molecule has 0 saturated carbocycles. The number of nitrogens with two attached hydrogens (primary N) is 1. The van der Waals surface area contributed by atoms with Crippen molar-refractivity contribution in [1.29, 1.82) is 0 Å². The number of ether oxygens (including phenoxy) is 1. The number of hydrogen-bond acceptors (Lipinski definition) is 5. The lowest BCUT2D eigenvalue weighted by molar-refractivity contribution is 0.414. The summed E-state index contributed by atoms with van der Waals surface area (Å²) in [6.07, 6.45) is 0. The molecule has 3 N–H and O–H groups in total. The molecule has 0 bridgehead atoms. The quantitative estimate of drug-likeness (QED) is 0.492. The van der Waals surface area contributed by atoms with Gasteiger partial charge < -0.3 is 10.2 Å². The van der Waals surface area contributed by atoms with Crippen molar-refractivity contribution in [2.24, 2.45) is 5.84 Å². The molecule has 5 heteroatoms. The van der Waals surface area contributed by atoms with E-state index < -0.39 is 0 Å². The minimum Gasteiger partial charge on any atom is -0.497 e. The van der Waals surface area contributed by atoms with Crippen LogP contribution in [0.25, 0.3) is 0 Å². The molecule has 0 atom stereocenters. The number of aromatic nitrogens is 1. The van der Waals surface area contributed by atoms with Crippen LogP contribution in [0.15, 0.2) is 47.4 Å². The topological polar surface area (TPSA) is 60.2 Å². The molecule has 0 saturated heterocycles. The standard InChI is InChI=1S/C13H15N3OS/c1-17-11-5-7-12(8-6-11)18-9-10-3-2-4-13(15-10)16-14/h2-8H,9,14H2,1H3,(H,15,16). The molecule has 0 fully saturated rings. The summed E-state index contributed by atoms with van der Waals surface area (Å²) < 4.78 is 5.12. The molecule has 0 aliphatic rings. The van der Waals surface area contributed by atoms with Gasteiger partial charge >= 0.3 is 0 Å². The predicted molar refractivity (Wildman–Crippen MR) is 74.6 cm³/mol. The van der Waals surface area contributed by atoms with E-state index in [1.165, 1.54) is 4.90 Å². The molecule has 1 aromatic heterocycles. The zero-order valence-electron chi connectivity index (χ0n) is 10.1. The number of methoxy groups -OCH3 is 1. The van der Waals surface area contributed by atoms with E-state index in [9.17, 15) is 0 Å². The highest BCUT2D eigenvalue weighted by molar-refractivity contribution is 7.98. The van der Waals surface area contributed by atoms with Crippen LogP contribution in [-0.2, 0) is 5.75 Å². The lowest BCUT2D eigenvalue weighted by Gasteiger charge is -2.05. The summed E-state index contributed by atoms with van der Waals surface area (Å²) in [6, 6.07) is 13.7. The first-order valence-electron chi connectivity index (χ1n) is 5.51. The van der Waals surface area contributed by atoms with Crippen molar-refractivity contribution in [3.63, 3.8) is 0 Å². The lowest BCUT2D eigenvalue weighted by Crippen LogP contribution is -2.08. The Hall–Kier alpha value is -1.72. The van der Waals surface area contributed by atoms with E-state index in [4.69, 9.17) is 10.6 Å². The Bertz CT molecular complexity index is 502. The summed E-state index contributed by atoms with van der Waals surface area (Å²) in [4.78, 5) is 5.54. The zero-order chi connectivity index (χ0) is 12.8. The van der Waals surface area contributed by atoms with Crippen molar-refractivity contribution in [1.82, 2.24) is 4.98 Å². The highest BCUT2D eigenvalue weighted by Gasteiger charge is 1.99. The van der Waals surface area contributed by atoms with Gasteiger partial charge in [0.2, 0.25) is 0 Å². The van der Waals surface area contributed by atoms with Crippen LogP contribution in [0.1, 0.15) is 5.69 Å². The number of nitrogen functional groups attached to an aromatic ring is 1. The highest BCUT2D eigenvalue weighted by atomic mass is 32.2. The van der Waals surface area contributed by atoms with Crippen LogP contribution in [0.5, 0.6) is 5.75 Å². The minimum absolute atomic E-state index is 0.683. The Morgan fingerprint density at radius 1 is 1.22 bits per heavy atom. The number of pyridine rings is 1. The van der Waals surface area contributed by atoms with Gasteiger partial charge in [0.05, 0.1) is 12.8 Å². The number of anilines is 1. The lowest BCUT2D eigenvalue weighted by atomic mass is 10.3. The van der Waals surface area contributed by atoms with Gasteiger partial charge in [0.1, 0.15) is 11.6 Å². The molecule has 18 heavy (non-hydrogen) atoms. The third-order valence-corrected chi connectivity index (χ3v) is 3.45. The summed E-state index contributed by atoms with van der Waals surface area (Å²) in [7, 11) is 1.66. The average molecular weight is 261 g/mol. The van der Waals surface area contributed by atoms with Gasteiger partial charge in [-0.05, 0) is 36.4 Å². The van der Waals surface area contributed by atoms with E-state index in [0.29, 0.717) is 5.82 Å². The molecule has 0 amide bonds. The normalized spacial score (nSPS) is 10.1. The molecule has 0 aliphatic heterocycles. The summed E-state index contributed by atoms with van der Waals surface area (Å²) >= 11 is 1.73. The Balaban J connectivity index is 1.97. The van der Waals surface area contributed by atoms with Gasteiger partial charge in [-0.2, -0.15) is 0 Å². The van der Waals surface area contributed by atoms with Crippen molar-refractivity contribution < 1.29 is 4.74 Å². The fraction of sp³-hybridized carbons (Fsp3) is 0.154. The van der Waals surface area contributed by atoms with Gasteiger partial charge in [-0.15, -0.1) is 11.8 Å². The molecular formula is C13H15N3OS. The van der Waals surface area contributed by atoms with Crippen molar-refractivity contribution in [2.75, 3.05) is 12.5 Å². The molecule has 94 valence electrons. The Labute approximate surface area is 111 Å². The van der Waals surface area contributed by atoms with E-state index in [0.717, 1.165) is 17.2 Å². The first-order valence-corrected chi connectivity index (χ1v) is 6.50. The van der Waals surface area contributed by atoms with Gasteiger partial charge in [-0.3, -0.25) is 0 Å². The molecule has 1 heterocycles. The van der Waals surface area contributed by atoms with E-state index in [2.05, 4.69) is 10.4 Å². The predicted octanol–water partition coefficient (Wildman–Crippen LogP) is 2.67. The molecule has 2 aromatic rings. The number of hydrazine groups is 1. The smallest absolute Gasteiger partial charge is 0.140 e. The van der Waals surface area contributed by atoms with Gasteiger partial charge in [0.15, 0.2) is 0 Å². The summed E-state index contributed by atoms with van der Waals surface area (Å²) in [5, 5.41) is 0. The van der Waals surface area contributed by atoms with Crippen LogP contribution in [0.2, 0.25) is 0 Å². The third kappa shape index (κ3) is 3.38. The molecule has 0 unspecified atom stereocenters. The zero-order valence-corrected chi connectivity index (χ0v) is 10.9. The van der Waals surface area contributed by atoms with Crippen LogP contribution < -0.4 is 16.0 Å². The van der Waals surface area contributed by atoms with Crippen LogP contribution in [-0.4, -0.2) is 12.1 Å². The van der Waals surface area contributed by atoms with Crippen molar-refractivity contribution in [2.45, 2.75) is 10.6 Å². The molecule has 2 rings (SSSR count). The summed E-state index contributed by atoms with van der Waals surface area (Å²) in [5.74, 6) is 7.68. The first-order chi connectivity index (χ1) is 8.81. The van der Waals surface area contributed by atoms with Gasteiger partial charge in [-0.25, -0.2) is 10.8 Å². The maximum absolute atomic E-state index is 5.32. The molecule has 1 aromatic carbocycles. The maximum atomic E-state index is 5.32. The number of thioether (sulfide) groups is 1. The Morgan fingerprint density at radius 2 is 2.00 bits per heavy atom. The first kappa shape index (κ1) is 12.7. The van der Waals surface area contributed by atoms with Crippen LogP contribution in [0.3, 0.4) is 0 Å². The summed E-state index contributed by atoms with van der Waals surface area (Å²) in [6.45, 7) is 0. The number of benzene rings is 1. The second kappa shape index (κ2) is 6.28. The molecular weight excluding hydrogens is 246 g/mol. The van der Waals surface area contributed by atoms with Gasteiger partial charge in [-0.1, -0.05) is 6.07 Å². The molecule has 0 radical (unpaired) electrons. The number of nitrogens with one attached hydrogen (secondary N) is 1. The van der Waals surface area contributed by atoms with Crippen molar-refractivity contribution in [3.05, 3.63) is 48.2 Å². The molecule has 4 nitrogen and oxygen atoms in total. The fourth-order valence-electron chi connectivity index (χ4n) is 1.47. The molecule has 0 aliphatic carbocycles. The van der Waals surface area contributed by atoms with E-state index >= 15 is 0 Å². The minimum atomic E-state index is 0.683. The number of nitrogens with zero attached hydrogens (tertiary/aromatic N) is 1. The van der Waals surface area contributed by atoms with Gasteiger partial charge in [0.25, 0.3) is 0 Å². The van der Waals surface area contributed by atoms with E-state index in [-0.39, 0.29) is 0 Å². The summed E-state index contributed by atoms with van der Waals surface area (Å²) in [5.41, 5.74) is 3.54. The molecule has 0 spiro atoms. The Kier molecular flexibility index (Phi) is 4.44. The highest BCUT2D eigenvalue weighted by Crippen LogP contribution is 2.24. The van der Waals surface area contributed by atoms with E-state index in [1.54, 1.807) is 18.9 Å². The monoisotopic (exact) mass is 261 g/mol. The van der Waals surface area contributed by atoms with Crippen LogP contribution in [0, 0.1) is 0 Å². The number of rotatable bonds is 5. The van der Waals surface area contributed by atoms with E-state index in [1.807, 2.05) is 42.5 Å². The second-order valence-corrected chi connectivity index (χ2v) is 4.67. The average Bonchev–Trinajstić information content (AvgIpc) is 2.46. The van der Waals surface area contributed by atoms with Crippen molar-refractivity contribution >= 4 is 17.6 Å². The SMILES string of the molecule is COc1ccc(SCc2cccc(NN)n2)cc1. The third-order valence-electron chi connectivity index (χ3n) is 2.40. The van der Waals surface area contributed by atoms with Crippen LogP contribution >= 0.6 is 11.8 Å². The van der Waals surface area contributed by atoms with Gasteiger partial charge in [0, 0.05) is 10.6 Å². The number of hydrogen-bond donors (Lipinski definition) is 2.